The standard InChI is InChI=1S/C10H19FN2/c11-10-3-6-13(8-10)5-2-9-1-4-12-7-9/h9-10,12H,1-8H2/t9-,10?/m0/s1. The molecule has 0 aromatic heterocycles. The third-order valence-electron chi connectivity index (χ3n) is 3.23. The molecule has 0 bridgehead atoms. The van der Waals surface area contributed by atoms with Crippen molar-refractivity contribution in [2.75, 3.05) is 32.7 Å². The van der Waals surface area contributed by atoms with Gasteiger partial charge in [-0.05, 0) is 44.8 Å². The summed E-state index contributed by atoms with van der Waals surface area (Å²) in [6.07, 6.45) is 2.76. The van der Waals surface area contributed by atoms with Gasteiger partial charge in [-0.3, -0.25) is 0 Å². The average molecular weight is 186 g/mol. The number of alkyl halides is 1. The summed E-state index contributed by atoms with van der Waals surface area (Å²) in [6, 6.07) is 0. The first kappa shape index (κ1) is 9.41. The molecule has 0 aromatic carbocycles. The second-order valence-corrected chi connectivity index (χ2v) is 4.33. The third kappa shape index (κ3) is 2.64. The molecule has 0 radical (unpaired) electrons. The fourth-order valence-corrected chi connectivity index (χ4v) is 2.31. The monoisotopic (exact) mass is 186 g/mol. The van der Waals surface area contributed by atoms with E-state index in [1.807, 2.05) is 0 Å². The molecule has 2 rings (SSSR count). The van der Waals surface area contributed by atoms with Crippen LogP contribution in [0.5, 0.6) is 0 Å². The van der Waals surface area contributed by atoms with Crippen molar-refractivity contribution in [2.24, 2.45) is 5.92 Å². The van der Waals surface area contributed by atoms with Gasteiger partial charge in [-0.1, -0.05) is 0 Å². The molecular formula is C10H19FN2. The van der Waals surface area contributed by atoms with E-state index in [1.165, 1.54) is 25.9 Å². The first-order valence-electron chi connectivity index (χ1n) is 5.42. The highest BCUT2D eigenvalue weighted by atomic mass is 19.1. The fraction of sp³-hybridized carbons (Fsp3) is 1.00. The Bertz CT molecular complexity index is 157. The Morgan fingerprint density at radius 3 is 2.92 bits per heavy atom. The number of halogens is 1. The summed E-state index contributed by atoms with van der Waals surface area (Å²) in [5, 5.41) is 3.36. The molecule has 0 amide bonds. The lowest BCUT2D eigenvalue weighted by Crippen LogP contribution is -2.24. The predicted octanol–water partition coefficient (Wildman–Crippen LogP) is 1.03. The highest BCUT2D eigenvalue weighted by Gasteiger charge is 2.22. The lowest BCUT2D eigenvalue weighted by molar-refractivity contribution is 0.272. The fourth-order valence-electron chi connectivity index (χ4n) is 2.31. The summed E-state index contributed by atoms with van der Waals surface area (Å²) in [5.74, 6) is 0.846. The summed E-state index contributed by atoms with van der Waals surface area (Å²) in [6.45, 7) is 5.11. The van der Waals surface area contributed by atoms with E-state index in [9.17, 15) is 4.39 Å². The molecule has 1 unspecified atom stereocenters. The van der Waals surface area contributed by atoms with Crippen molar-refractivity contribution in [3.63, 3.8) is 0 Å². The zero-order valence-corrected chi connectivity index (χ0v) is 8.14. The van der Waals surface area contributed by atoms with E-state index in [0.717, 1.165) is 25.4 Å². The van der Waals surface area contributed by atoms with Crippen molar-refractivity contribution in [3.05, 3.63) is 0 Å². The molecule has 13 heavy (non-hydrogen) atoms. The SMILES string of the molecule is FC1CCN(CC[C@@H]2CCNC2)C1. The summed E-state index contributed by atoms with van der Waals surface area (Å²) in [7, 11) is 0. The van der Waals surface area contributed by atoms with E-state index in [1.54, 1.807) is 0 Å². The summed E-state index contributed by atoms with van der Waals surface area (Å²) < 4.78 is 12.8. The van der Waals surface area contributed by atoms with Crippen molar-refractivity contribution >= 4 is 0 Å². The molecule has 2 heterocycles. The largest absolute Gasteiger partial charge is 0.316 e. The third-order valence-corrected chi connectivity index (χ3v) is 3.23. The number of rotatable bonds is 3. The molecule has 3 heteroatoms. The maximum Gasteiger partial charge on any atom is 0.114 e. The zero-order valence-electron chi connectivity index (χ0n) is 8.14. The second-order valence-electron chi connectivity index (χ2n) is 4.33. The number of hydrogen-bond acceptors (Lipinski definition) is 2. The van der Waals surface area contributed by atoms with Gasteiger partial charge >= 0.3 is 0 Å². The molecule has 2 atom stereocenters. The molecule has 2 aliphatic rings. The van der Waals surface area contributed by atoms with Crippen LogP contribution in [0.4, 0.5) is 4.39 Å². The van der Waals surface area contributed by atoms with Gasteiger partial charge in [0.25, 0.3) is 0 Å². The van der Waals surface area contributed by atoms with Crippen molar-refractivity contribution < 1.29 is 4.39 Å². The zero-order chi connectivity index (χ0) is 9.10. The van der Waals surface area contributed by atoms with E-state index in [4.69, 9.17) is 0 Å². The van der Waals surface area contributed by atoms with E-state index < -0.39 is 6.17 Å². The highest BCUT2D eigenvalue weighted by molar-refractivity contribution is 4.77. The first-order chi connectivity index (χ1) is 6.34. The average Bonchev–Trinajstić information content (AvgIpc) is 2.71. The molecule has 0 saturated carbocycles. The Labute approximate surface area is 79.5 Å². The Kier molecular flexibility index (Phi) is 3.17. The maximum atomic E-state index is 12.8. The van der Waals surface area contributed by atoms with Crippen molar-refractivity contribution in [2.45, 2.75) is 25.4 Å². The lowest BCUT2D eigenvalue weighted by atomic mass is 10.1. The Hall–Kier alpha value is -0.150. The van der Waals surface area contributed by atoms with Crippen LogP contribution in [0.15, 0.2) is 0 Å². The Balaban J connectivity index is 1.62. The molecule has 1 N–H and O–H groups in total. The van der Waals surface area contributed by atoms with Gasteiger partial charge in [-0.15, -0.1) is 0 Å². The minimum atomic E-state index is -0.554. The first-order valence-corrected chi connectivity index (χ1v) is 5.42. The van der Waals surface area contributed by atoms with Crippen LogP contribution in [0.2, 0.25) is 0 Å². The van der Waals surface area contributed by atoms with Gasteiger partial charge in [-0.2, -0.15) is 0 Å². The van der Waals surface area contributed by atoms with Crippen LogP contribution >= 0.6 is 0 Å². The molecule has 2 nitrogen and oxygen atoms in total. The molecule has 0 aromatic rings. The predicted molar refractivity (Wildman–Crippen MR) is 51.5 cm³/mol. The minimum Gasteiger partial charge on any atom is -0.316 e. The molecular weight excluding hydrogens is 167 g/mol. The minimum absolute atomic E-state index is 0.554. The van der Waals surface area contributed by atoms with Crippen LogP contribution in [0, 0.1) is 5.92 Å². The van der Waals surface area contributed by atoms with Crippen molar-refractivity contribution in [1.29, 1.82) is 0 Å². The van der Waals surface area contributed by atoms with Gasteiger partial charge in [-0.25, -0.2) is 4.39 Å². The summed E-state index contributed by atoms with van der Waals surface area (Å²) in [4.78, 5) is 2.27. The number of nitrogens with zero attached hydrogens (tertiary/aromatic N) is 1. The van der Waals surface area contributed by atoms with E-state index in [0.29, 0.717) is 6.54 Å². The van der Waals surface area contributed by atoms with E-state index >= 15 is 0 Å². The Morgan fingerprint density at radius 2 is 2.31 bits per heavy atom. The molecule has 76 valence electrons. The number of likely N-dealkylation sites (tertiary alicyclic amines) is 1. The Morgan fingerprint density at radius 1 is 1.38 bits per heavy atom. The topological polar surface area (TPSA) is 15.3 Å². The van der Waals surface area contributed by atoms with Crippen LogP contribution in [0.1, 0.15) is 19.3 Å². The smallest absolute Gasteiger partial charge is 0.114 e. The molecule has 2 aliphatic heterocycles. The lowest BCUT2D eigenvalue weighted by Gasteiger charge is -2.16. The molecule has 0 spiro atoms. The van der Waals surface area contributed by atoms with Gasteiger partial charge in [0.15, 0.2) is 0 Å². The quantitative estimate of drug-likeness (QED) is 0.708. The van der Waals surface area contributed by atoms with Gasteiger partial charge in [0.05, 0.1) is 0 Å². The summed E-state index contributed by atoms with van der Waals surface area (Å²) in [5.41, 5.74) is 0. The number of hydrogen-bond donors (Lipinski definition) is 1. The summed E-state index contributed by atoms with van der Waals surface area (Å²) >= 11 is 0. The highest BCUT2D eigenvalue weighted by Crippen LogP contribution is 2.16. The van der Waals surface area contributed by atoms with Gasteiger partial charge in [0.2, 0.25) is 0 Å². The van der Waals surface area contributed by atoms with Crippen molar-refractivity contribution in [1.82, 2.24) is 10.2 Å². The maximum absolute atomic E-state index is 12.8. The van der Waals surface area contributed by atoms with Crippen LogP contribution in [0.25, 0.3) is 0 Å². The van der Waals surface area contributed by atoms with E-state index in [2.05, 4.69) is 10.2 Å². The molecule has 2 fully saturated rings. The van der Waals surface area contributed by atoms with Crippen molar-refractivity contribution in [3.8, 4) is 0 Å². The second kappa shape index (κ2) is 4.38. The van der Waals surface area contributed by atoms with Crippen LogP contribution in [-0.4, -0.2) is 43.8 Å². The molecule has 0 aliphatic carbocycles. The van der Waals surface area contributed by atoms with Crippen LogP contribution in [0.3, 0.4) is 0 Å². The van der Waals surface area contributed by atoms with E-state index in [-0.39, 0.29) is 0 Å². The van der Waals surface area contributed by atoms with Gasteiger partial charge < -0.3 is 10.2 Å². The van der Waals surface area contributed by atoms with Crippen LogP contribution < -0.4 is 5.32 Å². The van der Waals surface area contributed by atoms with Gasteiger partial charge in [0.1, 0.15) is 6.17 Å². The molecule has 2 saturated heterocycles. The van der Waals surface area contributed by atoms with Crippen LogP contribution in [-0.2, 0) is 0 Å². The normalized spacial score (nSPS) is 35.8. The van der Waals surface area contributed by atoms with Gasteiger partial charge in [0, 0.05) is 13.1 Å². The number of nitrogens with one attached hydrogen (secondary N) is 1.